The lowest BCUT2D eigenvalue weighted by Gasteiger charge is -2.21. The molecule has 0 unspecified atom stereocenters. The van der Waals surface area contributed by atoms with Gasteiger partial charge in [0.1, 0.15) is 17.5 Å². The summed E-state index contributed by atoms with van der Waals surface area (Å²) in [7, 11) is 0. The Balaban J connectivity index is 1.70. The number of phenols is 1. The molecule has 3 rings (SSSR count). The molecule has 0 aliphatic carbocycles. The maximum absolute atomic E-state index is 12.9. The minimum absolute atomic E-state index is 0.0478. The summed E-state index contributed by atoms with van der Waals surface area (Å²) in [6.45, 7) is 1.54. The van der Waals surface area contributed by atoms with Crippen LogP contribution in [0.15, 0.2) is 71.8 Å². The van der Waals surface area contributed by atoms with Crippen LogP contribution < -0.4 is 15.5 Å². The fourth-order valence-electron chi connectivity index (χ4n) is 3.04. The number of nitrogens with one attached hydrogen (secondary N) is 2. The molecule has 0 aliphatic heterocycles. The number of phenolic OH excluding ortho intramolecular Hbond substituents is 1. The third-order valence-electron chi connectivity index (χ3n) is 4.85. The van der Waals surface area contributed by atoms with Crippen LogP contribution in [0, 0.1) is 0 Å². The zero-order valence-electron chi connectivity index (χ0n) is 18.5. The second kappa shape index (κ2) is 12.4. The van der Waals surface area contributed by atoms with Crippen molar-refractivity contribution in [2.24, 2.45) is 5.10 Å². The first kappa shape index (κ1) is 26.3. The van der Waals surface area contributed by atoms with E-state index in [1.54, 1.807) is 12.1 Å². The minimum atomic E-state index is -0.957. The van der Waals surface area contributed by atoms with E-state index in [0.29, 0.717) is 15.6 Å². The smallest absolute Gasteiger partial charge is 0.262 e. The van der Waals surface area contributed by atoms with Crippen LogP contribution in [-0.4, -0.2) is 35.3 Å². The van der Waals surface area contributed by atoms with Gasteiger partial charge in [-0.05, 0) is 48.9 Å². The first-order valence-electron chi connectivity index (χ1n) is 10.5. The highest BCUT2D eigenvalue weighted by Crippen LogP contribution is 2.28. The average molecular weight is 535 g/mol. The predicted molar refractivity (Wildman–Crippen MR) is 137 cm³/mol. The number of carbonyl (C=O) groups is 2. The van der Waals surface area contributed by atoms with Crippen molar-refractivity contribution in [1.82, 2.24) is 10.7 Å². The van der Waals surface area contributed by atoms with Crippen LogP contribution in [0.25, 0.3) is 0 Å². The van der Waals surface area contributed by atoms with Crippen LogP contribution in [0.4, 0.5) is 0 Å². The number of hydrogen-bond donors (Lipinski definition) is 3. The summed E-state index contributed by atoms with van der Waals surface area (Å²) in [6, 6.07) is 17.3. The number of halogens is 3. The summed E-state index contributed by atoms with van der Waals surface area (Å²) < 4.78 is 5.65. The maximum Gasteiger partial charge on any atom is 0.262 e. The fraction of sp³-hybridized carbons (Fsp3) is 0.160. The Morgan fingerprint density at radius 1 is 1.00 bits per heavy atom. The first-order valence-corrected chi connectivity index (χ1v) is 11.6. The predicted octanol–water partition coefficient (Wildman–Crippen LogP) is 5.00. The lowest BCUT2D eigenvalue weighted by atomic mass is 10.1. The number of amides is 2. The van der Waals surface area contributed by atoms with Crippen molar-refractivity contribution in [1.29, 1.82) is 0 Å². The number of aromatic hydroxyl groups is 1. The quantitative estimate of drug-likeness (QED) is 0.266. The molecule has 0 bridgehead atoms. The Morgan fingerprint density at radius 3 is 2.40 bits per heavy atom. The van der Waals surface area contributed by atoms with Crippen LogP contribution in [0.5, 0.6) is 11.5 Å². The number of rotatable bonds is 9. The van der Waals surface area contributed by atoms with Gasteiger partial charge in [0.25, 0.3) is 11.8 Å². The van der Waals surface area contributed by atoms with E-state index in [2.05, 4.69) is 15.8 Å². The van der Waals surface area contributed by atoms with Crippen LogP contribution in [0.2, 0.25) is 15.1 Å². The van der Waals surface area contributed by atoms with E-state index in [4.69, 9.17) is 39.5 Å². The summed E-state index contributed by atoms with van der Waals surface area (Å²) in [5, 5.41) is 17.6. The second-order valence-corrected chi connectivity index (χ2v) is 8.80. The third-order valence-corrected chi connectivity index (χ3v) is 5.62. The molecule has 0 spiro atoms. The third kappa shape index (κ3) is 7.89. The van der Waals surface area contributed by atoms with E-state index < -0.39 is 24.0 Å². The van der Waals surface area contributed by atoms with Crippen LogP contribution >= 0.6 is 34.8 Å². The normalized spacial score (nSPS) is 12.7. The second-order valence-electron chi connectivity index (χ2n) is 7.52. The molecule has 7 nitrogen and oxygen atoms in total. The first-order chi connectivity index (χ1) is 16.7. The molecule has 0 heterocycles. The summed E-state index contributed by atoms with van der Waals surface area (Å²) in [5.74, 6) is -0.845. The molecule has 0 radical (unpaired) electrons. The van der Waals surface area contributed by atoms with E-state index in [-0.39, 0.29) is 22.9 Å². The van der Waals surface area contributed by atoms with Crippen molar-refractivity contribution in [2.45, 2.75) is 25.5 Å². The Morgan fingerprint density at radius 2 is 1.69 bits per heavy atom. The number of hydrazone groups is 1. The van der Waals surface area contributed by atoms with Gasteiger partial charge in [-0.25, -0.2) is 5.43 Å². The molecule has 2 atom stereocenters. The molecule has 0 saturated carbocycles. The van der Waals surface area contributed by atoms with Gasteiger partial charge in [-0.2, -0.15) is 5.10 Å². The molecule has 3 aromatic carbocycles. The van der Waals surface area contributed by atoms with E-state index in [0.717, 1.165) is 5.56 Å². The molecule has 35 heavy (non-hydrogen) atoms. The van der Waals surface area contributed by atoms with Gasteiger partial charge in [0.15, 0.2) is 6.10 Å². The average Bonchev–Trinajstić information content (AvgIpc) is 2.83. The Hall–Kier alpha value is -3.26. The number of nitrogens with zero attached hydrogens (tertiary/aromatic N) is 1. The highest BCUT2D eigenvalue weighted by Gasteiger charge is 2.25. The van der Waals surface area contributed by atoms with E-state index in [9.17, 15) is 14.7 Å². The summed E-state index contributed by atoms with van der Waals surface area (Å²) >= 11 is 17.9. The molecule has 10 heteroatoms. The van der Waals surface area contributed by atoms with Gasteiger partial charge in [0.05, 0.1) is 11.2 Å². The van der Waals surface area contributed by atoms with Crippen LogP contribution in [-0.2, 0) is 16.0 Å². The summed E-state index contributed by atoms with van der Waals surface area (Å²) in [4.78, 5) is 25.7. The number of benzene rings is 3. The Bertz CT molecular complexity index is 1220. The molecule has 0 aromatic heterocycles. The van der Waals surface area contributed by atoms with Gasteiger partial charge in [-0.15, -0.1) is 0 Å². The van der Waals surface area contributed by atoms with Gasteiger partial charge in [0, 0.05) is 22.0 Å². The van der Waals surface area contributed by atoms with Crippen molar-refractivity contribution in [2.75, 3.05) is 0 Å². The zero-order chi connectivity index (χ0) is 25.4. The molecule has 0 aliphatic rings. The van der Waals surface area contributed by atoms with Crippen LogP contribution in [0.3, 0.4) is 0 Å². The molecule has 0 saturated heterocycles. The van der Waals surface area contributed by atoms with E-state index in [1.165, 1.54) is 37.4 Å². The standard InChI is InChI=1S/C25H22Cl3N3O4/c1-15(35-23-10-8-19(27)13-20(23)28)24(33)30-21(11-16-5-3-2-4-6-16)25(34)31-29-14-17-12-18(26)7-9-22(17)32/h2-10,12-15,21,32H,11H2,1H3,(H,30,33)(H,31,34)/b29-14-/t15-,21+/m0/s1. The van der Waals surface area contributed by atoms with Crippen molar-refractivity contribution >= 4 is 52.8 Å². The fourth-order valence-corrected chi connectivity index (χ4v) is 3.67. The van der Waals surface area contributed by atoms with Crippen molar-refractivity contribution in [3.8, 4) is 11.5 Å². The molecular formula is C25H22Cl3N3O4. The minimum Gasteiger partial charge on any atom is -0.507 e. The van der Waals surface area contributed by atoms with Gasteiger partial charge < -0.3 is 15.2 Å². The van der Waals surface area contributed by atoms with E-state index in [1.807, 2.05) is 30.3 Å². The van der Waals surface area contributed by atoms with Gasteiger partial charge in [-0.3, -0.25) is 9.59 Å². The van der Waals surface area contributed by atoms with E-state index >= 15 is 0 Å². The monoisotopic (exact) mass is 533 g/mol. The summed E-state index contributed by atoms with van der Waals surface area (Å²) in [5.41, 5.74) is 3.55. The van der Waals surface area contributed by atoms with Gasteiger partial charge in [-0.1, -0.05) is 65.1 Å². The largest absolute Gasteiger partial charge is 0.507 e. The van der Waals surface area contributed by atoms with Crippen LogP contribution in [0.1, 0.15) is 18.1 Å². The zero-order valence-corrected chi connectivity index (χ0v) is 20.8. The summed E-state index contributed by atoms with van der Waals surface area (Å²) in [6.07, 6.45) is 0.520. The van der Waals surface area contributed by atoms with Gasteiger partial charge >= 0.3 is 0 Å². The highest BCUT2D eigenvalue weighted by atomic mass is 35.5. The highest BCUT2D eigenvalue weighted by molar-refractivity contribution is 6.35. The molecule has 3 aromatic rings. The van der Waals surface area contributed by atoms with Crippen molar-refractivity contribution in [3.63, 3.8) is 0 Å². The van der Waals surface area contributed by atoms with Crippen molar-refractivity contribution < 1.29 is 19.4 Å². The molecule has 2 amide bonds. The number of hydrogen-bond acceptors (Lipinski definition) is 5. The van der Waals surface area contributed by atoms with Gasteiger partial charge in [0.2, 0.25) is 0 Å². The SMILES string of the molecule is C[C@H](Oc1ccc(Cl)cc1Cl)C(=O)N[C@H](Cc1ccccc1)C(=O)N/N=C\c1cc(Cl)ccc1O. The molecule has 3 N–H and O–H groups in total. The topological polar surface area (TPSA) is 100 Å². The Kier molecular flexibility index (Phi) is 9.37. The maximum atomic E-state index is 12.9. The molecule has 0 fully saturated rings. The van der Waals surface area contributed by atoms with Crippen molar-refractivity contribution in [3.05, 3.63) is 92.9 Å². The lowest BCUT2D eigenvalue weighted by molar-refractivity contribution is -0.132. The lowest BCUT2D eigenvalue weighted by Crippen LogP contribution is -2.50. The molecule has 182 valence electrons. The molecular weight excluding hydrogens is 513 g/mol. The number of carbonyl (C=O) groups excluding carboxylic acids is 2. The Labute approximate surface area is 217 Å². The number of ether oxygens (including phenoxy) is 1.